The van der Waals surface area contributed by atoms with Crippen LogP contribution in [0.1, 0.15) is 6.92 Å². The Bertz CT molecular complexity index is 1230. The van der Waals surface area contributed by atoms with Crippen LogP contribution in [0.25, 0.3) is 22.0 Å². The van der Waals surface area contributed by atoms with Gasteiger partial charge in [-0.3, -0.25) is 9.78 Å². The van der Waals surface area contributed by atoms with Crippen LogP contribution in [0.15, 0.2) is 30.5 Å². The van der Waals surface area contributed by atoms with Crippen LogP contribution in [-0.2, 0) is 4.79 Å². The molecule has 9 heteroatoms. The molecular weight excluding hydrogens is 426 g/mol. The van der Waals surface area contributed by atoms with Crippen molar-refractivity contribution in [2.45, 2.75) is 19.0 Å². The highest BCUT2D eigenvalue weighted by atomic mass is 35.5. The van der Waals surface area contributed by atoms with Gasteiger partial charge in [-0.25, -0.2) is 8.78 Å². The molecule has 5 rings (SSSR count). The van der Waals surface area contributed by atoms with Crippen molar-refractivity contribution < 1.29 is 18.7 Å². The second kappa shape index (κ2) is 7.03. The number of amides is 1. The number of phenolic OH excluding ortho intramolecular Hbond substituents is 1. The van der Waals surface area contributed by atoms with Gasteiger partial charge in [0.05, 0.1) is 28.2 Å². The molecule has 2 aliphatic heterocycles. The van der Waals surface area contributed by atoms with E-state index < -0.39 is 23.4 Å². The van der Waals surface area contributed by atoms with Gasteiger partial charge in [0.2, 0.25) is 0 Å². The first-order valence-corrected chi connectivity index (χ1v) is 10.2. The van der Waals surface area contributed by atoms with Crippen LogP contribution >= 0.6 is 11.6 Å². The first-order chi connectivity index (χ1) is 14.8. The predicted octanol–water partition coefficient (Wildman–Crippen LogP) is 3.68. The minimum absolute atomic E-state index is 0.00603. The number of carbonyl (C=O) groups excluding carboxylic acids is 1. The minimum atomic E-state index is -0.829. The monoisotopic (exact) mass is 444 g/mol. The van der Waals surface area contributed by atoms with Gasteiger partial charge in [0, 0.05) is 37.1 Å². The number of pyridine rings is 1. The second-order valence-corrected chi connectivity index (χ2v) is 8.35. The Morgan fingerprint density at radius 3 is 2.81 bits per heavy atom. The van der Waals surface area contributed by atoms with E-state index in [2.05, 4.69) is 10.3 Å². The number of benzene rings is 2. The molecule has 1 amide bonds. The Kier molecular flexibility index (Phi) is 4.53. The molecule has 1 saturated heterocycles. The van der Waals surface area contributed by atoms with Crippen molar-refractivity contribution in [3.63, 3.8) is 0 Å². The first kappa shape index (κ1) is 20.0. The van der Waals surface area contributed by atoms with Crippen molar-refractivity contribution in [2.75, 3.05) is 29.9 Å². The third-order valence-corrected chi connectivity index (χ3v) is 6.32. The number of nitrogens with one attached hydrogen (secondary N) is 1. The Hall–Kier alpha value is -2.97. The third kappa shape index (κ3) is 2.85. The topological polar surface area (TPSA) is 68.7 Å². The Balaban J connectivity index is 1.81. The molecule has 0 radical (unpaired) electrons. The minimum Gasteiger partial charge on any atom is -0.507 e. The lowest BCUT2D eigenvalue weighted by atomic mass is 9.97. The highest BCUT2D eigenvalue weighted by Crippen LogP contribution is 2.46. The summed E-state index contributed by atoms with van der Waals surface area (Å²) in [5.74, 6) is -2.11. The Morgan fingerprint density at radius 1 is 1.29 bits per heavy atom. The number of rotatable bonds is 1. The van der Waals surface area contributed by atoms with Crippen LogP contribution in [0, 0.1) is 11.6 Å². The van der Waals surface area contributed by atoms with E-state index in [0.717, 1.165) is 6.07 Å². The number of phenols is 1. The van der Waals surface area contributed by atoms with Gasteiger partial charge in [0.25, 0.3) is 5.91 Å². The molecule has 0 aliphatic carbocycles. The maximum atomic E-state index is 15.7. The molecule has 3 aromatic rings. The highest BCUT2D eigenvalue weighted by Gasteiger charge is 2.41. The van der Waals surface area contributed by atoms with Gasteiger partial charge >= 0.3 is 0 Å². The number of hydrogen-bond acceptors (Lipinski definition) is 5. The van der Waals surface area contributed by atoms with Crippen molar-refractivity contribution in [2.24, 2.45) is 0 Å². The molecule has 6 nitrogen and oxygen atoms in total. The molecule has 2 aliphatic rings. The second-order valence-electron chi connectivity index (χ2n) is 7.94. The molecule has 1 aromatic heterocycles. The summed E-state index contributed by atoms with van der Waals surface area (Å²) >= 11 is 6.44. The molecule has 0 spiro atoms. The number of piperazine rings is 1. The zero-order valence-corrected chi connectivity index (χ0v) is 17.5. The van der Waals surface area contributed by atoms with Crippen LogP contribution < -0.4 is 15.1 Å². The molecule has 2 aromatic carbocycles. The summed E-state index contributed by atoms with van der Waals surface area (Å²) in [6, 6.07) is 4.94. The lowest BCUT2D eigenvalue weighted by Crippen LogP contribution is -2.63. The molecule has 2 atom stereocenters. The van der Waals surface area contributed by atoms with E-state index in [1.165, 1.54) is 29.3 Å². The quantitative estimate of drug-likeness (QED) is 0.599. The third-order valence-electron chi connectivity index (χ3n) is 6.02. The van der Waals surface area contributed by atoms with Crippen molar-refractivity contribution >= 4 is 39.8 Å². The van der Waals surface area contributed by atoms with E-state index >= 15 is 4.39 Å². The summed E-state index contributed by atoms with van der Waals surface area (Å²) < 4.78 is 30.1. The maximum Gasteiger partial charge on any atom is 0.250 e. The molecule has 1 fully saturated rings. The molecule has 160 valence electrons. The van der Waals surface area contributed by atoms with Crippen molar-refractivity contribution in [1.82, 2.24) is 10.3 Å². The predicted molar refractivity (Wildman–Crippen MR) is 116 cm³/mol. The van der Waals surface area contributed by atoms with E-state index in [0.29, 0.717) is 29.9 Å². The average molecular weight is 445 g/mol. The van der Waals surface area contributed by atoms with Crippen LogP contribution in [0.3, 0.4) is 0 Å². The number of fused-ring (bicyclic) bond motifs is 5. The lowest BCUT2D eigenvalue weighted by molar-refractivity contribution is -0.120. The fourth-order valence-electron chi connectivity index (χ4n) is 4.50. The Morgan fingerprint density at radius 2 is 2.06 bits per heavy atom. The summed E-state index contributed by atoms with van der Waals surface area (Å²) in [6.45, 7) is 3.02. The summed E-state index contributed by atoms with van der Waals surface area (Å²) in [5.41, 5.74) is 0.652. The molecular formula is C22H19ClF2N4O2. The van der Waals surface area contributed by atoms with E-state index in [1.54, 1.807) is 7.05 Å². The van der Waals surface area contributed by atoms with Gasteiger partial charge in [0.1, 0.15) is 23.1 Å². The molecule has 3 heterocycles. The number of halogens is 3. The largest absolute Gasteiger partial charge is 0.507 e. The van der Waals surface area contributed by atoms with E-state index in [-0.39, 0.29) is 33.6 Å². The van der Waals surface area contributed by atoms with Crippen LogP contribution in [-0.4, -0.2) is 48.2 Å². The summed E-state index contributed by atoms with van der Waals surface area (Å²) in [4.78, 5) is 20.6. The fourth-order valence-corrected chi connectivity index (χ4v) is 4.78. The first-order valence-electron chi connectivity index (χ1n) is 9.85. The van der Waals surface area contributed by atoms with E-state index in [1.807, 2.05) is 11.8 Å². The summed E-state index contributed by atoms with van der Waals surface area (Å²) in [5, 5.41) is 13.8. The smallest absolute Gasteiger partial charge is 0.250 e. The molecule has 31 heavy (non-hydrogen) atoms. The van der Waals surface area contributed by atoms with Crippen LogP contribution in [0.5, 0.6) is 5.75 Å². The highest BCUT2D eigenvalue weighted by molar-refractivity contribution is 6.34. The summed E-state index contributed by atoms with van der Waals surface area (Å²) in [6.07, 6.45) is 1.44. The van der Waals surface area contributed by atoms with Gasteiger partial charge < -0.3 is 20.2 Å². The van der Waals surface area contributed by atoms with Crippen LogP contribution in [0.2, 0.25) is 5.02 Å². The van der Waals surface area contributed by atoms with Crippen molar-refractivity contribution in [3.8, 4) is 16.9 Å². The lowest BCUT2D eigenvalue weighted by Gasteiger charge is -2.46. The number of likely N-dealkylation sites (N-methyl/N-ethyl adjacent to an activating group) is 1. The normalized spacial score (nSPS) is 20.7. The zero-order chi connectivity index (χ0) is 22.0. The number of aromatic nitrogens is 1. The van der Waals surface area contributed by atoms with E-state index in [9.17, 15) is 14.3 Å². The van der Waals surface area contributed by atoms with Gasteiger partial charge in [-0.1, -0.05) is 17.7 Å². The zero-order valence-electron chi connectivity index (χ0n) is 16.8. The molecule has 0 saturated carbocycles. The number of hydrogen-bond donors (Lipinski definition) is 2. The SMILES string of the molecule is C[C@@H]1CN2c3c(cnc4c(F)c(-c5c(O)cccc5F)c(Cl)cc34)N(C)C(=O)[C@H]2CN1. The maximum absolute atomic E-state index is 15.7. The Labute approximate surface area is 182 Å². The molecule has 0 unspecified atom stereocenters. The van der Waals surface area contributed by atoms with E-state index in [4.69, 9.17) is 11.6 Å². The number of nitrogens with zero attached hydrogens (tertiary/aromatic N) is 3. The molecule has 2 N–H and O–H groups in total. The van der Waals surface area contributed by atoms with Gasteiger partial charge in [-0.2, -0.15) is 0 Å². The summed E-state index contributed by atoms with van der Waals surface area (Å²) in [7, 11) is 1.66. The van der Waals surface area contributed by atoms with Gasteiger partial charge in [-0.05, 0) is 25.1 Å². The van der Waals surface area contributed by atoms with Gasteiger partial charge in [0.15, 0.2) is 5.82 Å². The number of aromatic hydroxyl groups is 1. The van der Waals surface area contributed by atoms with Crippen molar-refractivity contribution in [3.05, 3.63) is 47.1 Å². The number of anilines is 2. The standard InChI is InChI=1S/C22H19ClF2N4O2/c1-10-9-29-15(8-26-10)22(31)28(2)14-7-27-20-11(21(14)29)6-12(23)17(19(20)25)18-13(24)4-3-5-16(18)30/h3-7,10,15,26,30H,8-9H2,1-2H3/t10-,15-/m1/s1. The fraction of sp³-hybridized carbons (Fsp3) is 0.273. The van der Waals surface area contributed by atoms with Crippen LogP contribution in [0.4, 0.5) is 20.2 Å². The van der Waals surface area contributed by atoms with Crippen molar-refractivity contribution in [1.29, 1.82) is 0 Å². The molecule has 0 bridgehead atoms. The average Bonchev–Trinajstić information content (AvgIpc) is 2.73. The number of carbonyl (C=O) groups is 1. The van der Waals surface area contributed by atoms with Gasteiger partial charge in [-0.15, -0.1) is 0 Å².